The van der Waals surface area contributed by atoms with E-state index in [1.165, 1.54) is 11.3 Å². The van der Waals surface area contributed by atoms with Crippen molar-refractivity contribution in [3.63, 3.8) is 0 Å². The summed E-state index contributed by atoms with van der Waals surface area (Å²) in [5.74, 6) is 0.293. The standard InChI is InChI=1S/C21H19N3O2S/c1-3-10-26-17-7-5-15(6-8-17)12-16(13-22)20(25)24-21-23-18-9-4-14(2)11-19(18)27-21/h4-9,11-12H,3,10H2,1-2H3,(H,23,24,25). The van der Waals surface area contributed by atoms with Gasteiger partial charge in [0.05, 0.1) is 16.8 Å². The van der Waals surface area contributed by atoms with Crippen LogP contribution in [0.2, 0.25) is 0 Å². The smallest absolute Gasteiger partial charge is 0.268 e. The fourth-order valence-corrected chi connectivity index (χ4v) is 3.40. The lowest BCUT2D eigenvalue weighted by atomic mass is 10.1. The number of thiazole rings is 1. The highest BCUT2D eigenvalue weighted by atomic mass is 32.1. The molecule has 0 aliphatic heterocycles. The second-order valence-corrected chi connectivity index (χ2v) is 7.06. The van der Waals surface area contributed by atoms with Crippen molar-refractivity contribution >= 4 is 38.7 Å². The van der Waals surface area contributed by atoms with Crippen molar-refractivity contribution in [3.8, 4) is 11.8 Å². The van der Waals surface area contributed by atoms with Gasteiger partial charge >= 0.3 is 0 Å². The van der Waals surface area contributed by atoms with E-state index in [0.29, 0.717) is 11.7 Å². The van der Waals surface area contributed by atoms with Crippen LogP contribution in [0.3, 0.4) is 0 Å². The van der Waals surface area contributed by atoms with Crippen molar-refractivity contribution in [3.05, 3.63) is 59.2 Å². The molecule has 0 saturated carbocycles. The predicted octanol–water partition coefficient (Wildman–Crippen LogP) is 4.94. The van der Waals surface area contributed by atoms with Crippen molar-refractivity contribution in [1.29, 1.82) is 5.26 Å². The molecular formula is C21H19N3O2S. The molecule has 1 N–H and O–H groups in total. The number of fused-ring (bicyclic) bond motifs is 1. The van der Waals surface area contributed by atoms with Gasteiger partial charge in [0.15, 0.2) is 5.13 Å². The second kappa shape index (κ2) is 8.47. The minimum absolute atomic E-state index is 0.0210. The van der Waals surface area contributed by atoms with Gasteiger partial charge in [-0.05, 0) is 54.8 Å². The minimum Gasteiger partial charge on any atom is -0.494 e. The number of hydrogen-bond acceptors (Lipinski definition) is 5. The quantitative estimate of drug-likeness (QED) is 0.488. The molecule has 1 amide bonds. The molecule has 6 heteroatoms. The Morgan fingerprint density at radius 3 is 2.78 bits per heavy atom. The van der Waals surface area contributed by atoms with Gasteiger partial charge in [-0.15, -0.1) is 0 Å². The van der Waals surface area contributed by atoms with E-state index in [-0.39, 0.29) is 5.57 Å². The molecule has 1 heterocycles. The van der Waals surface area contributed by atoms with Gasteiger partial charge < -0.3 is 4.74 Å². The summed E-state index contributed by atoms with van der Waals surface area (Å²) in [5.41, 5.74) is 2.73. The lowest BCUT2D eigenvalue weighted by molar-refractivity contribution is -0.112. The molecule has 0 radical (unpaired) electrons. The van der Waals surface area contributed by atoms with Crippen molar-refractivity contribution in [2.75, 3.05) is 11.9 Å². The Balaban J connectivity index is 1.74. The summed E-state index contributed by atoms with van der Waals surface area (Å²) in [7, 11) is 0. The third-order valence-corrected chi connectivity index (χ3v) is 4.73. The molecule has 3 rings (SSSR count). The topological polar surface area (TPSA) is 75.0 Å². The van der Waals surface area contributed by atoms with Crippen molar-refractivity contribution in [2.45, 2.75) is 20.3 Å². The van der Waals surface area contributed by atoms with Gasteiger partial charge in [-0.25, -0.2) is 4.98 Å². The Kier molecular flexibility index (Phi) is 5.84. The van der Waals surface area contributed by atoms with E-state index >= 15 is 0 Å². The number of aromatic nitrogens is 1. The predicted molar refractivity (Wildman–Crippen MR) is 109 cm³/mol. The van der Waals surface area contributed by atoms with Crippen LogP contribution in [0.15, 0.2) is 48.0 Å². The van der Waals surface area contributed by atoms with E-state index < -0.39 is 5.91 Å². The summed E-state index contributed by atoms with van der Waals surface area (Å²) in [6.07, 6.45) is 2.49. The van der Waals surface area contributed by atoms with Crippen LogP contribution in [0.5, 0.6) is 5.75 Å². The first kappa shape index (κ1) is 18.6. The lowest BCUT2D eigenvalue weighted by Crippen LogP contribution is -2.13. The molecule has 0 atom stereocenters. The summed E-state index contributed by atoms with van der Waals surface area (Å²) in [6.45, 7) is 4.71. The molecule has 27 heavy (non-hydrogen) atoms. The third-order valence-electron chi connectivity index (χ3n) is 3.79. The zero-order valence-electron chi connectivity index (χ0n) is 15.2. The van der Waals surface area contributed by atoms with Crippen LogP contribution in [0.25, 0.3) is 16.3 Å². The number of carbonyl (C=O) groups is 1. The summed E-state index contributed by atoms with van der Waals surface area (Å²) in [4.78, 5) is 16.8. The van der Waals surface area contributed by atoms with Crippen molar-refractivity contribution in [2.24, 2.45) is 0 Å². The van der Waals surface area contributed by atoms with Crippen LogP contribution in [0.4, 0.5) is 5.13 Å². The van der Waals surface area contributed by atoms with Gasteiger partial charge in [-0.3, -0.25) is 10.1 Å². The van der Waals surface area contributed by atoms with Gasteiger partial charge in [0.25, 0.3) is 5.91 Å². The molecule has 2 aromatic carbocycles. The summed E-state index contributed by atoms with van der Waals surface area (Å²) in [6, 6.07) is 15.1. The van der Waals surface area contributed by atoms with Gasteiger partial charge in [0.1, 0.15) is 17.4 Å². The number of hydrogen-bond donors (Lipinski definition) is 1. The molecule has 0 bridgehead atoms. The Morgan fingerprint density at radius 1 is 1.30 bits per heavy atom. The Labute approximate surface area is 161 Å². The molecule has 0 fully saturated rings. The molecule has 0 saturated heterocycles. The number of carbonyl (C=O) groups excluding carboxylic acids is 1. The van der Waals surface area contributed by atoms with Gasteiger partial charge in [-0.1, -0.05) is 36.5 Å². The monoisotopic (exact) mass is 377 g/mol. The lowest BCUT2D eigenvalue weighted by Gasteiger charge is -2.04. The van der Waals surface area contributed by atoms with Crippen molar-refractivity contribution < 1.29 is 9.53 Å². The fourth-order valence-electron chi connectivity index (χ4n) is 2.45. The molecule has 1 aromatic heterocycles. The first-order valence-corrected chi connectivity index (χ1v) is 9.44. The number of rotatable bonds is 6. The van der Waals surface area contributed by atoms with E-state index in [4.69, 9.17) is 4.74 Å². The molecular weight excluding hydrogens is 358 g/mol. The van der Waals surface area contributed by atoms with Crippen LogP contribution >= 0.6 is 11.3 Å². The SMILES string of the molecule is CCCOc1ccc(C=C(C#N)C(=O)Nc2nc3ccc(C)cc3s2)cc1. The second-order valence-electron chi connectivity index (χ2n) is 6.03. The maximum atomic E-state index is 12.4. The highest BCUT2D eigenvalue weighted by Gasteiger charge is 2.12. The average molecular weight is 377 g/mol. The van der Waals surface area contributed by atoms with E-state index in [2.05, 4.69) is 10.3 Å². The first-order chi connectivity index (χ1) is 13.1. The van der Waals surface area contributed by atoms with E-state index in [1.807, 2.05) is 62.4 Å². The van der Waals surface area contributed by atoms with Crippen molar-refractivity contribution in [1.82, 2.24) is 4.98 Å². The van der Waals surface area contributed by atoms with E-state index in [0.717, 1.165) is 33.5 Å². The zero-order chi connectivity index (χ0) is 19.2. The minimum atomic E-state index is -0.473. The number of amides is 1. The number of benzene rings is 2. The molecule has 0 aliphatic carbocycles. The number of nitrogens with zero attached hydrogens (tertiary/aromatic N) is 2. The van der Waals surface area contributed by atoms with Crippen LogP contribution in [-0.2, 0) is 4.79 Å². The average Bonchev–Trinajstić information content (AvgIpc) is 3.06. The molecule has 0 spiro atoms. The van der Waals surface area contributed by atoms with E-state index in [9.17, 15) is 10.1 Å². The summed E-state index contributed by atoms with van der Waals surface area (Å²) < 4.78 is 6.53. The molecule has 0 unspecified atom stereocenters. The van der Waals surface area contributed by atoms with Gasteiger partial charge in [0.2, 0.25) is 0 Å². The first-order valence-electron chi connectivity index (χ1n) is 8.62. The Bertz CT molecular complexity index is 1030. The van der Waals surface area contributed by atoms with Gasteiger partial charge in [-0.2, -0.15) is 5.26 Å². The maximum Gasteiger partial charge on any atom is 0.268 e. The normalized spacial score (nSPS) is 11.2. The van der Waals surface area contributed by atoms with Crippen LogP contribution in [-0.4, -0.2) is 17.5 Å². The van der Waals surface area contributed by atoms with E-state index in [1.54, 1.807) is 6.08 Å². The summed E-state index contributed by atoms with van der Waals surface area (Å²) in [5, 5.41) is 12.6. The van der Waals surface area contributed by atoms with Crippen LogP contribution in [0.1, 0.15) is 24.5 Å². The number of ether oxygens (including phenoxy) is 1. The summed E-state index contributed by atoms with van der Waals surface area (Å²) >= 11 is 1.39. The molecule has 3 aromatic rings. The number of anilines is 1. The molecule has 136 valence electrons. The van der Waals surface area contributed by atoms with Crippen LogP contribution < -0.4 is 10.1 Å². The van der Waals surface area contributed by atoms with Gasteiger partial charge in [0, 0.05) is 0 Å². The zero-order valence-corrected chi connectivity index (χ0v) is 16.0. The number of aryl methyl sites for hydroxylation is 1. The maximum absolute atomic E-state index is 12.4. The Hall–Kier alpha value is -3.17. The van der Waals surface area contributed by atoms with Crippen LogP contribution in [0, 0.1) is 18.3 Å². The Morgan fingerprint density at radius 2 is 2.07 bits per heavy atom. The number of nitrogens with one attached hydrogen (secondary N) is 1. The highest BCUT2D eigenvalue weighted by molar-refractivity contribution is 7.22. The fraction of sp³-hybridized carbons (Fsp3) is 0.190. The largest absolute Gasteiger partial charge is 0.494 e. The number of nitriles is 1. The molecule has 5 nitrogen and oxygen atoms in total. The molecule has 0 aliphatic rings. The third kappa shape index (κ3) is 4.72. The highest BCUT2D eigenvalue weighted by Crippen LogP contribution is 2.27.